The zero-order chi connectivity index (χ0) is 13.7. The van der Waals surface area contributed by atoms with Crippen LogP contribution in [0.5, 0.6) is 0 Å². The van der Waals surface area contributed by atoms with E-state index >= 15 is 0 Å². The van der Waals surface area contributed by atoms with E-state index in [9.17, 15) is 4.79 Å². The van der Waals surface area contributed by atoms with Crippen LogP contribution in [0.1, 0.15) is 49.7 Å². The Morgan fingerprint density at radius 1 is 1.26 bits per heavy atom. The highest BCUT2D eigenvalue weighted by Gasteiger charge is 2.32. The summed E-state index contributed by atoms with van der Waals surface area (Å²) in [5.74, 6) is 0.363. The third-order valence-corrected chi connectivity index (χ3v) is 4.36. The van der Waals surface area contributed by atoms with Crippen molar-refractivity contribution < 1.29 is 4.79 Å². The molecule has 0 atom stereocenters. The number of carbonyl (C=O) groups is 1. The molecule has 0 unspecified atom stereocenters. The van der Waals surface area contributed by atoms with E-state index in [0.717, 1.165) is 18.4 Å². The first-order valence-corrected chi connectivity index (χ1v) is 7.40. The number of hydrogen-bond donors (Lipinski definition) is 1. The van der Waals surface area contributed by atoms with Gasteiger partial charge in [0.05, 0.1) is 0 Å². The van der Waals surface area contributed by atoms with Gasteiger partial charge in [-0.3, -0.25) is 4.79 Å². The Labute approximate surface area is 116 Å². The van der Waals surface area contributed by atoms with Crippen molar-refractivity contribution in [3.8, 4) is 0 Å². The molecule has 19 heavy (non-hydrogen) atoms. The summed E-state index contributed by atoms with van der Waals surface area (Å²) in [7, 11) is 2.01. The van der Waals surface area contributed by atoms with Crippen LogP contribution in [0, 0.1) is 6.92 Å². The zero-order valence-electron chi connectivity index (χ0n) is 12.2. The fourth-order valence-electron chi connectivity index (χ4n) is 3.23. The summed E-state index contributed by atoms with van der Waals surface area (Å²) in [6, 6.07) is 8.28. The molecule has 1 saturated carbocycles. The van der Waals surface area contributed by atoms with E-state index in [4.69, 9.17) is 0 Å². The molecule has 1 aliphatic rings. The van der Waals surface area contributed by atoms with E-state index < -0.39 is 0 Å². The molecule has 0 aliphatic heterocycles. The Bertz CT molecular complexity index is 433. The Morgan fingerprint density at radius 2 is 2.00 bits per heavy atom. The summed E-state index contributed by atoms with van der Waals surface area (Å²) >= 11 is 0. The summed E-state index contributed by atoms with van der Waals surface area (Å²) in [5, 5.41) is 3.42. The molecular formula is C17H25NO. The van der Waals surface area contributed by atoms with E-state index in [2.05, 4.69) is 30.4 Å². The number of nitrogens with one attached hydrogen (secondary N) is 1. The Kier molecular flexibility index (Phi) is 4.76. The van der Waals surface area contributed by atoms with Gasteiger partial charge in [0.2, 0.25) is 0 Å². The van der Waals surface area contributed by atoms with Crippen molar-refractivity contribution in [1.82, 2.24) is 5.32 Å². The summed E-state index contributed by atoms with van der Waals surface area (Å²) in [6.45, 7) is 2.07. The maximum Gasteiger partial charge on any atom is 0.139 e. The van der Waals surface area contributed by atoms with Crippen molar-refractivity contribution in [3.63, 3.8) is 0 Å². The van der Waals surface area contributed by atoms with Gasteiger partial charge in [-0.2, -0.15) is 0 Å². The molecule has 104 valence electrons. The zero-order valence-corrected chi connectivity index (χ0v) is 12.2. The molecule has 0 saturated heterocycles. The molecule has 1 aliphatic carbocycles. The molecule has 0 amide bonds. The predicted molar refractivity (Wildman–Crippen MR) is 79.4 cm³/mol. The Hall–Kier alpha value is -1.15. The van der Waals surface area contributed by atoms with Gasteiger partial charge < -0.3 is 5.32 Å². The van der Waals surface area contributed by atoms with Gasteiger partial charge in [0.25, 0.3) is 0 Å². The number of aryl methyl sites for hydroxylation is 1. The van der Waals surface area contributed by atoms with Gasteiger partial charge in [-0.1, -0.05) is 49.1 Å². The maximum absolute atomic E-state index is 12.3. The fourth-order valence-corrected chi connectivity index (χ4v) is 3.23. The largest absolute Gasteiger partial charge is 0.314 e. The standard InChI is InChI=1S/C17H25NO/c1-14-7-6-8-15(11-14)12-16(19)13-17(18-2)9-4-3-5-10-17/h6-8,11,18H,3-5,9-10,12-13H2,1-2H3. The van der Waals surface area contributed by atoms with E-state index in [1.807, 2.05) is 13.1 Å². The molecule has 1 fully saturated rings. The first-order valence-electron chi connectivity index (χ1n) is 7.40. The molecule has 0 aromatic heterocycles. The average Bonchev–Trinajstić information content (AvgIpc) is 2.39. The third-order valence-electron chi connectivity index (χ3n) is 4.36. The lowest BCUT2D eigenvalue weighted by molar-refractivity contribution is -0.120. The predicted octanol–water partition coefficient (Wildman–Crippen LogP) is 3.42. The smallest absolute Gasteiger partial charge is 0.139 e. The SMILES string of the molecule is CNC1(CC(=O)Cc2cccc(C)c2)CCCCC1. The second-order valence-electron chi connectivity index (χ2n) is 5.97. The molecule has 2 heteroatoms. The van der Waals surface area contributed by atoms with Crippen molar-refractivity contribution in [2.75, 3.05) is 7.05 Å². The van der Waals surface area contributed by atoms with Gasteiger partial charge in [-0.15, -0.1) is 0 Å². The molecule has 0 spiro atoms. The minimum absolute atomic E-state index is 0.0686. The molecule has 0 bridgehead atoms. The number of benzene rings is 1. The second kappa shape index (κ2) is 6.33. The van der Waals surface area contributed by atoms with E-state index in [0.29, 0.717) is 18.6 Å². The van der Waals surface area contributed by atoms with Gasteiger partial charge in [-0.25, -0.2) is 0 Å². The van der Waals surface area contributed by atoms with Crippen LogP contribution in [0.2, 0.25) is 0 Å². The third kappa shape index (κ3) is 3.90. The van der Waals surface area contributed by atoms with Crippen molar-refractivity contribution >= 4 is 5.78 Å². The molecule has 2 rings (SSSR count). The van der Waals surface area contributed by atoms with Crippen LogP contribution >= 0.6 is 0 Å². The summed E-state index contributed by atoms with van der Waals surface area (Å²) < 4.78 is 0. The van der Waals surface area contributed by atoms with E-state index in [-0.39, 0.29) is 5.54 Å². The van der Waals surface area contributed by atoms with Crippen molar-refractivity contribution in [2.45, 2.75) is 57.4 Å². The van der Waals surface area contributed by atoms with Crippen LogP contribution in [0.15, 0.2) is 24.3 Å². The molecule has 1 N–H and O–H groups in total. The summed E-state index contributed by atoms with van der Waals surface area (Å²) in [4.78, 5) is 12.3. The number of ketones is 1. The van der Waals surface area contributed by atoms with Gasteiger partial charge in [0, 0.05) is 18.4 Å². The Balaban J connectivity index is 1.96. The monoisotopic (exact) mass is 259 g/mol. The lowest BCUT2D eigenvalue weighted by Gasteiger charge is -2.36. The molecule has 2 nitrogen and oxygen atoms in total. The molecule has 0 heterocycles. The van der Waals surface area contributed by atoms with Gasteiger partial charge >= 0.3 is 0 Å². The van der Waals surface area contributed by atoms with Crippen molar-refractivity contribution in [3.05, 3.63) is 35.4 Å². The van der Waals surface area contributed by atoms with Crippen LogP contribution in [-0.4, -0.2) is 18.4 Å². The second-order valence-corrected chi connectivity index (χ2v) is 5.97. The summed E-state index contributed by atoms with van der Waals surface area (Å²) in [6.07, 6.45) is 7.35. The lowest BCUT2D eigenvalue weighted by atomic mass is 9.77. The normalized spacial score (nSPS) is 18.2. The highest BCUT2D eigenvalue weighted by Crippen LogP contribution is 2.31. The molecule has 1 aromatic carbocycles. The maximum atomic E-state index is 12.3. The fraction of sp³-hybridized carbons (Fsp3) is 0.588. The van der Waals surface area contributed by atoms with Crippen LogP contribution in [0.25, 0.3) is 0 Å². The lowest BCUT2D eigenvalue weighted by Crippen LogP contribution is -2.46. The number of hydrogen-bond acceptors (Lipinski definition) is 2. The van der Waals surface area contributed by atoms with E-state index in [1.54, 1.807) is 0 Å². The van der Waals surface area contributed by atoms with E-state index in [1.165, 1.54) is 24.8 Å². The van der Waals surface area contributed by atoms with Crippen molar-refractivity contribution in [1.29, 1.82) is 0 Å². The summed E-state index contributed by atoms with van der Waals surface area (Å²) in [5.41, 5.74) is 2.44. The minimum Gasteiger partial charge on any atom is -0.314 e. The van der Waals surface area contributed by atoms with Crippen LogP contribution in [-0.2, 0) is 11.2 Å². The molecule has 1 aromatic rings. The van der Waals surface area contributed by atoms with Gasteiger partial charge in [0.1, 0.15) is 5.78 Å². The highest BCUT2D eigenvalue weighted by molar-refractivity contribution is 5.82. The number of Topliss-reactive ketones (excluding diaryl/α,β-unsaturated/α-hetero) is 1. The quantitative estimate of drug-likeness (QED) is 0.878. The van der Waals surface area contributed by atoms with Crippen LogP contribution < -0.4 is 5.32 Å². The number of rotatable bonds is 5. The number of carbonyl (C=O) groups excluding carboxylic acids is 1. The molecular weight excluding hydrogens is 234 g/mol. The van der Waals surface area contributed by atoms with Crippen molar-refractivity contribution in [2.24, 2.45) is 0 Å². The first kappa shape index (κ1) is 14.3. The average molecular weight is 259 g/mol. The molecule has 0 radical (unpaired) electrons. The van der Waals surface area contributed by atoms with Crippen LogP contribution in [0.3, 0.4) is 0 Å². The Morgan fingerprint density at radius 3 is 2.63 bits per heavy atom. The minimum atomic E-state index is 0.0686. The first-order chi connectivity index (χ1) is 9.13. The van der Waals surface area contributed by atoms with Gasteiger partial charge in [0.15, 0.2) is 0 Å². The van der Waals surface area contributed by atoms with Gasteiger partial charge in [-0.05, 0) is 32.4 Å². The highest BCUT2D eigenvalue weighted by atomic mass is 16.1. The topological polar surface area (TPSA) is 29.1 Å². The van der Waals surface area contributed by atoms with Crippen LogP contribution in [0.4, 0.5) is 0 Å².